The first-order valence-electron chi connectivity index (χ1n) is 6.06. The van der Waals surface area contributed by atoms with Crippen molar-refractivity contribution in [2.45, 2.75) is 19.4 Å². The van der Waals surface area contributed by atoms with Gasteiger partial charge in [-0.1, -0.05) is 6.07 Å². The molecule has 0 spiro atoms. The van der Waals surface area contributed by atoms with Crippen molar-refractivity contribution in [3.05, 3.63) is 35.4 Å². The highest BCUT2D eigenvalue weighted by atomic mass is 35.5. The molecule has 2 N–H and O–H groups in total. The Hall–Kier alpha value is -0.710. The van der Waals surface area contributed by atoms with Gasteiger partial charge in [0.05, 0.1) is 0 Å². The molecular weight excluding hydrogens is 258 g/mol. The quantitative estimate of drug-likeness (QED) is 0.919. The molecule has 0 radical (unpaired) electrons. The summed E-state index contributed by atoms with van der Waals surface area (Å²) in [7, 11) is 0. The fourth-order valence-electron chi connectivity index (χ4n) is 2.29. The van der Waals surface area contributed by atoms with E-state index in [-0.39, 0.29) is 18.0 Å². The minimum atomic E-state index is -0.453. The van der Waals surface area contributed by atoms with Gasteiger partial charge in [0.1, 0.15) is 11.6 Å². The molecule has 1 fully saturated rings. The molecule has 102 valence electrons. The molecule has 5 heteroatoms. The van der Waals surface area contributed by atoms with Gasteiger partial charge in [-0.05, 0) is 50.5 Å². The smallest absolute Gasteiger partial charge is 0.130 e. The van der Waals surface area contributed by atoms with E-state index in [2.05, 4.69) is 4.90 Å². The van der Waals surface area contributed by atoms with Gasteiger partial charge in [0.15, 0.2) is 0 Å². The molecule has 1 aromatic carbocycles. The van der Waals surface area contributed by atoms with Crippen LogP contribution in [0.3, 0.4) is 0 Å². The third kappa shape index (κ3) is 3.64. The van der Waals surface area contributed by atoms with Gasteiger partial charge >= 0.3 is 0 Å². The second kappa shape index (κ2) is 7.02. The standard InChI is InChI=1S/C13H18F2N2.ClH/c14-12-2-1-3-13(15)11(12)9-17-6-4-10(8-16)5-7-17;/h1-3,10H,4-9,16H2;1H. The normalized spacial score (nSPS) is 17.5. The van der Waals surface area contributed by atoms with Gasteiger partial charge in [0.25, 0.3) is 0 Å². The van der Waals surface area contributed by atoms with Crippen LogP contribution in [0.25, 0.3) is 0 Å². The molecule has 18 heavy (non-hydrogen) atoms. The highest BCUT2D eigenvalue weighted by Gasteiger charge is 2.20. The molecule has 1 aromatic rings. The van der Waals surface area contributed by atoms with Crippen LogP contribution in [0.2, 0.25) is 0 Å². The Balaban J connectivity index is 0.00000162. The Kier molecular flexibility index (Phi) is 5.99. The van der Waals surface area contributed by atoms with Crippen molar-refractivity contribution < 1.29 is 8.78 Å². The Morgan fingerprint density at radius 1 is 1.17 bits per heavy atom. The van der Waals surface area contributed by atoms with Crippen LogP contribution in [-0.4, -0.2) is 24.5 Å². The SMILES string of the molecule is Cl.NCC1CCN(Cc2c(F)cccc2F)CC1. The average molecular weight is 277 g/mol. The van der Waals surface area contributed by atoms with Gasteiger partial charge in [0.2, 0.25) is 0 Å². The Morgan fingerprint density at radius 2 is 1.72 bits per heavy atom. The van der Waals surface area contributed by atoms with Gasteiger partial charge in [-0.3, -0.25) is 4.90 Å². The molecule has 1 saturated heterocycles. The maximum atomic E-state index is 13.5. The summed E-state index contributed by atoms with van der Waals surface area (Å²) in [6, 6.07) is 4.02. The van der Waals surface area contributed by atoms with Crippen LogP contribution in [0.4, 0.5) is 8.78 Å². The zero-order valence-electron chi connectivity index (χ0n) is 10.2. The fourth-order valence-corrected chi connectivity index (χ4v) is 2.29. The van der Waals surface area contributed by atoms with E-state index in [0.717, 1.165) is 25.9 Å². The maximum Gasteiger partial charge on any atom is 0.130 e. The first-order chi connectivity index (χ1) is 8.20. The second-order valence-electron chi connectivity index (χ2n) is 4.66. The lowest BCUT2D eigenvalue weighted by Crippen LogP contribution is -2.36. The van der Waals surface area contributed by atoms with Gasteiger partial charge in [-0.2, -0.15) is 0 Å². The van der Waals surface area contributed by atoms with Gasteiger partial charge in [-0.15, -0.1) is 12.4 Å². The highest BCUT2D eigenvalue weighted by molar-refractivity contribution is 5.85. The summed E-state index contributed by atoms with van der Waals surface area (Å²) in [5, 5.41) is 0. The number of hydrogen-bond acceptors (Lipinski definition) is 2. The van der Waals surface area contributed by atoms with E-state index in [1.54, 1.807) is 0 Å². The summed E-state index contributed by atoms with van der Waals surface area (Å²) in [6.07, 6.45) is 2.04. The fraction of sp³-hybridized carbons (Fsp3) is 0.538. The van der Waals surface area contributed by atoms with Crippen molar-refractivity contribution in [2.75, 3.05) is 19.6 Å². The van der Waals surface area contributed by atoms with E-state index in [4.69, 9.17) is 5.73 Å². The van der Waals surface area contributed by atoms with E-state index < -0.39 is 11.6 Å². The summed E-state index contributed by atoms with van der Waals surface area (Å²) >= 11 is 0. The zero-order valence-corrected chi connectivity index (χ0v) is 11.1. The van der Waals surface area contributed by atoms with Crippen molar-refractivity contribution in [3.8, 4) is 0 Å². The largest absolute Gasteiger partial charge is 0.330 e. The molecule has 0 unspecified atom stereocenters. The van der Waals surface area contributed by atoms with Crippen LogP contribution in [0.5, 0.6) is 0 Å². The van der Waals surface area contributed by atoms with Crippen molar-refractivity contribution in [1.29, 1.82) is 0 Å². The van der Waals surface area contributed by atoms with Crippen molar-refractivity contribution in [2.24, 2.45) is 11.7 Å². The third-order valence-corrected chi connectivity index (χ3v) is 3.48. The van der Waals surface area contributed by atoms with Crippen LogP contribution < -0.4 is 5.73 Å². The molecule has 2 nitrogen and oxygen atoms in total. The van der Waals surface area contributed by atoms with Crippen LogP contribution in [0.15, 0.2) is 18.2 Å². The molecule has 0 amide bonds. The van der Waals surface area contributed by atoms with Gasteiger partial charge in [-0.25, -0.2) is 8.78 Å². The van der Waals surface area contributed by atoms with E-state index in [0.29, 0.717) is 19.0 Å². The molecule has 2 rings (SSSR count). The molecule has 0 aromatic heterocycles. The molecule has 0 bridgehead atoms. The number of halogens is 3. The van der Waals surface area contributed by atoms with E-state index >= 15 is 0 Å². The van der Waals surface area contributed by atoms with Gasteiger partial charge < -0.3 is 5.73 Å². The summed E-state index contributed by atoms with van der Waals surface area (Å²) in [5.74, 6) is -0.339. The van der Waals surface area contributed by atoms with Crippen molar-refractivity contribution in [1.82, 2.24) is 4.90 Å². The van der Waals surface area contributed by atoms with Crippen LogP contribution in [0.1, 0.15) is 18.4 Å². The predicted octanol–water partition coefficient (Wildman–Crippen LogP) is 2.56. The number of nitrogens with zero attached hydrogens (tertiary/aromatic N) is 1. The third-order valence-electron chi connectivity index (χ3n) is 3.48. The van der Waals surface area contributed by atoms with Crippen LogP contribution >= 0.6 is 12.4 Å². The van der Waals surface area contributed by atoms with E-state index in [1.165, 1.54) is 18.2 Å². The van der Waals surface area contributed by atoms with E-state index in [9.17, 15) is 8.78 Å². The zero-order chi connectivity index (χ0) is 12.3. The second-order valence-corrected chi connectivity index (χ2v) is 4.66. The topological polar surface area (TPSA) is 29.3 Å². The molecule has 0 atom stereocenters. The molecule has 0 saturated carbocycles. The lowest BCUT2D eigenvalue weighted by atomic mass is 9.97. The highest BCUT2D eigenvalue weighted by Crippen LogP contribution is 2.20. The number of hydrogen-bond donors (Lipinski definition) is 1. The van der Waals surface area contributed by atoms with Crippen molar-refractivity contribution >= 4 is 12.4 Å². The van der Waals surface area contributed by atoms with Crippen LogP contribution in [-0.2, 0) is 6.54 Å². The number of likely N-dealkylation sites (tertiary alicyclic amines) is 1. The number of benzene rings is 1. The Morgan fingerprint density at radius 3 is 2.22 bits per heavy atom. The lowest BCUT2D eigenvalue weighted by molar-refractivity contribution is 0.176. The predicted molar refractivity (Wildman–Crippen MR) is 70.7 cm³/mol. The summed E-state index contributed by atoms with van der Waals surface area (Å²) < 4.78 is 26.9. The van der Waals surface area contributed by atoms with Gasteiger partial charge in [0, 0.05) is 12.1 Å². The monoisotopic (exact) mass is 276 g/mol. The maximum absolute atomic E-state index is 13.5. The lowest BCUT2D eigenvalue weighted by Gasteiger charge is -2.31. The molecule has 0 aliphatic carbocycles. The van der Waals surface area contributed by atoms with Crippen LogP contribution in [0, 0.1) is 17.6 Å². The summed E-state index contributed by atoms with van der Waals surface area (Å²) in [5.41, 5.74) is 5.79. The first kappa shape index (κ1) is 15.3. The Bertz CT molecular complexity index is 359. The number of rotatable bonds is 3. The summed E-state index contributed by atoms with van der Waals surface area (Å²) in [6.45, 7) is 2.81. The van der Waals surface area contributed by atoms with E-state index in [1.807, 2.05) is 0 Å². The molecule has 1 aliphatic rings. The molecule has 1 heterocycles. The van der Waals surface area contributed by atoms with Crippen molar-refractivity contribution in [3.63, 3.8) is 0 Å². The minimum Gasteiger partial charge on any atom is -0.330 e. The number of piperidine rings is 1. The average Bonchev–Trinajstić information content (AvgIpc) is 2.35. The Labute approximate surface area is 113 Å². The summed E-state index contributed by atoms with van der Waals surface area (Å²) in [4.78, 5) is 2.09. The molecular formula is C13H19ClF2N2. The number of nitrogens with two attached hydrogens (primary N) is 1. The minimum absolute atomic E-state index is 0. The first-order valence-corrected chi connectivity index (χ1v) is 6.06. The molecule has 1 aliphatic heterocycles.